The van der Waals surface area contributed by atoms with E-state index in [1.54, 1.807) is 31.2 Å². The predicted octanol–water partition coefficient (Wildman–Crippen LogP) is 3.51. The molecule has 5 nitrogen and oxygen atoms in total. The van der Waals surface area contributed by atoms with Crippen molar-refractivity contribution in [3.8, 4) is 5.75 Å². The molecule has 1 N–H and O–H groups in total. The van der Waals surface area contributed by atoms with E-state index < -0.39 is 5.91 Å². The first-order chi connectivity index (χ1) is 10.1. The Hall–Kier alpha value is -1.98. The van der Waals surface area contributed by atoms with Crippen molar-refractivity contribution in [1.82, 2.24) is 5.43 Å². The highest BCUT2D eigenvalue weighted by atomic mass is 35.5. The number of carbonyl (C=O) groups is 1. The number of carbonyl (C=O) groups excluding carboxylic acids is 1. The van der Waals surface area contributed by atoms with Crippen molar-refractivity contribution < 1.29 is 13.9 Å². The minimum Gasteiger partial charge on any atom is -0.482 e. The average Bonchev–Trinajstić information content (AvgIpc) is 2.98. The van der Waals surface area contributed by atoms with Crippen molar-refractivity contribution in [2.24, 2.45) is 5.10 Å². The van der Waals surface area contributed by atoms with Gasteiger partial charge in [0.15, 0.2) is 6.61 Å². The number of rotatable bonds is 5. The molecule has 0 saturated heterocycles. The zero-order valence-electron chi connectivity index (χ0n) is 11.1. The van der Waals surface area contributed by atoms with Gasteiger partial charge in [-0.2, -0.15) is 5.10 Å². The van der Waals surface area contributed by atoms with Crippen molar-refractivity contribution in [2.75, 3.05) is 6.61 Å². The molecule has 0 spiro atoms. The molecule has 110 valence electrons. The smallest absolute Gasteiger partial charge is 0.277 e. The second-order valence-electron chi connectivity index (χ2n) is 4.07. The molecule has 2 aromatic rings. The first-order valence-corrected chi connectivity index (χ1v) is 6.76. The van der Waals surface area contributed by atoms with Crippen molar-refractivity contribution in [2.45, 2.75) is 6.92 Å². The molecule has 1 amide bonds. The van der Waals surface area contributed by atoms with Crippen LogP contribution in [0.3, 0.4) is 0 Å². The van der Waals surface area contributed by atoms with Gasteiger partial charge in [0.25, 0.3) is 5.91 Å². The summed E-state index contributed by atoms with van der Waals surface area (Å²) in [7, 11) is 0. The number of hydrogen-bond donors (Lipinski definition) is 1. The van der Waals surface area contributed by atoms with Crippen LogP contribution < -0.4 is 10.2 Å². The Morgan fingerprint density at radius 1 is 1.38 bits per heavy atom. The maximum Gasteiger partial charge on any atom is 0.277 e. The number of nitrogens with one attached hydrogen (secondary N) is 1. The molecule has 0 fully saturated rings. The second-order valence-corrected chi connectivity index (χ2v) is 4.92. The van der Waals surface area contributed by atoms with Gasteiger partial charge >= 0.3 is 0 Å². The molecule has 0 aliphatic heterocycles. The maximum atomic E-state index is 11.6. The number of ether oxygens (including phenoxy) is 1. The summed E-state index contributed by atoms with van der Waals surface area (Å²) in [5, 5.41) is 4.74. The molecule has 7 heteroatoms. The third-order valence-corrected chi connectivity index (χ3v) is 3.01. The average molecular weight is 327 g/mol. The first kappa shape index (κ1) is 15.4. The number of hydrazone groups is 1. The normalized spacial score (nSPS) is 11.3. The highest BCUT2D eigenvalue weighted by molar-refractivity contribution is 6.35. The molecular weight excluding hydrogens is 315 g/mol. The lowest BCUT2D eigenvalue weighted by Gasteiger charge is -2.07. The Kier molecular flexibility index (Phi) is 5.25. The number of halogens is 2. The van der Waals surface area contributed by atoms with Gasteiger partial charge in [-0.1, -0.05) is 23.2 Å². The topological polar surface area (TPSA) is 63.8 Å². The summed E-state index contributed by atoms with van der Waals surface area (Å²) in [5.74, 6) is 0.548. The number of hydrogen-bond acceptors (Lipinski definition) is 4. The van der Waals surface area contributed by atoms with Crippen LogP contribution in [0.15, 0.2) is 46.1 Å². The molecule has 1 heterocycles. The first-order valence-electron chi connectivity index (χ1n) is 6.01. The Balaban J connectivity index is 1.86. The molecule has 0 atom stereocenters. The van der Waals surface area contributed by atoms with Crippen LogP contribution in [-0.4, -0.2) is 18.2 Å². The van der Waals surface area contributed by atoms with Gasteiger partial charge in [-0.3, -0.25) is 4.79 Å². The third-order valence-electron chi connectivity index (χ3n) is 2.48. The fourth-order valence-corrected chi connectivity index (χ4v) is 1.92. The van der Waals surface area contributed by atoms with Crippen LogP contribution in [0.2, 0.25) is 10.0 Å². The zero-order chi connectivity index (χ0) is 15.2. The van der Waals surface area contributed by atoms with Gasteiger partial charge in [0.05, 0.1) is 11.3 Å². The van der Waals surface area contributed by atoms with Gasteiger partial charge in [-0.25, -0.2) is 5.43 Å². The molecule has 0 bridgehead atoms. The minimum absolute atomic E-state index is 0.212. The second kappa shape index (κ2) is 7.15. The largest absolute Gasteiger partial charge is 0.482 e. The van der Waals surface area contributed by atoms with E-state index in [1.807, 2.05) is 0 Å². The highest BCUT2D eigenvalue weighted by Crippen LogP contribution is 2.27. The quantitative estimate of drug-likeness (QED) is 0.675. The fourth-order valence-electron chi connectivity index (χ4n) is 1.45. The molecular formula is C14H12Cl2N2O3. The molecule has 0 radical (unpaired) electrons. The SMILES string of the molecule is C/C(=N/NC(=O)COc1ccc(Cl)cc1Cl)c1ccco1. The van der Waals surface area contributed by atoms with Crippen LogP contribution in [0.5, 0.6) is 5.75 Å². The number of furan rings is 1. The van der Waals surface area contributed by atoms with E-state index in [-0.39, 0.29) is 6.61 Å². The standard InChI is InChI=1S/C14H12Cl2N2O3/c1-9(12-3-2-6-20-12)17-18-14(19)8-21-13-5-4-10(15)7-11(13)16/h2-7H,8H2,1H3,(H,18,19)/b17-9-. The van der Waals surface area contributed by atoms with Crippen molar-refractivity contribution >= 4 is 34.8 Å². The van der Waals surface area contributed by atoms with E-state index in [2.05, 4.69) is 10.5 Å². The summed E-state index contributed by atoms with van der Waals surface area (Å²) in [4.78, 5) is 11.6. The molecule has 0 aliphatic carbocycles. The minimum atomic E-state index is -0.410. The van der Waals surface area contributed by atoms with Crippen molar-refractivity contribution in [3.63, 3.8) is 0 Å². The van der Waals surface area contributed by atoms with E-state index in [1.165, 1.54) is 12.3 Å². The van der Waals surface area contributed by atoms with Gasteiger partial charge in [0.1, 0.15) is 17.2 Å². The summed E-state index contributed by atoms with van der Waals surface area (Å²) >= 11 is 11.7. The lowest BCUT2D eigenvalue weighted by Crippen LogP contribution is -2.25. The van der Waals surface area contributed by atoms with E-state index in [9.17, 15) is 4.79 Å². The molecule has 0 saturated carbocycles. The highest BCUT2D eigenvalue weighted by Gasteiger charge is 2.07. The van der Waals surface area contributed by atoms with Gasteiger partial charge in [-0.15, -0.1) is 0 Å². The molecule has 1 aromatic carbocycles. The molecule has 21 heavy (non-hydrogen) atoms. The van der Waals surface area contributed by atoms with Gasteiger partial charge in [0, 0.05) is 5.02 Å². The Labute approximate surface area is 131 Å². The Morgan fingerprint density at radius 3 is 2.86 bits per heavy atom. The van der Waals surface area contributed by atoms with Gasteiger partial charge in [0.2, 0.25) is 0 Å². The lowest BCUT2D eigenvalue weighted by molar-refractivity contribution is -0.123. The number of benzene rings is 1. The molecule has 2 rings (SSSR count). The predicted molar refractivity (Wildman–Crippen MR) is 81.0 cm³/mol. The van der Waals surface area contributed by atoms with Crippen molar-refractivity contribution in [1.29, 1.82) is 0 Å². The zero-order valence-corrected chi connectivity index (χ0v) is 12.6. The van der Waals surface area contributed by atoms with Crippen LogP contribution in [0.25, 0.3) is 0 Å². The van der Waals surface area contributed by atoms with Crippen LogP contribution in [0.1, 0.15) is 12.7 Å². The van der Waals surface area contributed by atoms with Crippen molar-refractivity contribution in [3.05, 3.63) is 52.4 Å². The summed E-state index contributed by atoms with van der Waals surface area (Å²) in [6.45, 7) is 1.51. The third kappa shape index (κ3) is 4.51. The van der Waals surface area contributed by atoms with Crippen LogP contribution >= 0.6 is 23.2 Å². The Bertz CT molecular complexity index is 654. The molecule has 0 unspecified atom stereocenters. The lowest BCUT2D eigenvalue weighted by atomic mass is 10.3. The summed E-state index contributed by atoms with van der Waals surface area (Å²) < 4.78 is 10.4. The van der Waals surface area contributed by atoms with E-state index in [0.717, 1.165) is 0 Å². The van der Waals surface area contributed by atoms with E-state index in [0.29, 0.717) is 27.3 Å². The fraction of sp³-hybridized carbons (Fsp3) is 0.143. The summed E-state index contributed by atoms with van der Waals surface area (Å²) in [6.07, 6.45) is 1.53. The summed E-state index contributed by atoms with van der Waals surface area (Å²) in [5.41, 5.74) is 2.92. The summed E-state index contributed by atoms with van der Waals surface area (Å²) in [6, 6.07) is 8.24. The number of nitrogens with zero attached hydrogens (tertiary/aromatic N) is 1. The Morgan fingerprint density at radius 2 is 2.19 bits per heavy atom. The van der Waals surface area contributed by atoms with E-state index in [4.69, 9.17) is 32.4 Å². The number of amides is 1. The van der Waals surface area contributed by atoms with Gasteiger partial charge in [-0.05, 0) is 37.3 Å². The maximum absolute atomic E-state index is 11.6. The monoisotopic (exact) mass is 326 g/mol. The molecule has 0 aliphatic rings. The van der Waals surface area contributed by atoms with E-state index >= 15 is 0 Å². The van der Waals surface area contributed by atoms with Crippen LogP contribution in [0, 0.1) is 0 Å². The van der Waals surface area contributed by atoms with Crippen LogP contribution in [-0.2, 0) is 4.79 Å². The van der Waals surface area contributed by atoms with Gasteiger partial charge < -0.3 is 9.15 Å². The molecule has 1 aromatic heterocycles. The van der Waals surface area contributed by atoms with Crippen LogP contribution in [0.4, 0.5) is 0 Å².